The molecule has 98 valence electrons. The summed E-state index contributed by atoms with van der Waals surface area (Å²) >= 11 is 0. The lowest BCUT2D eigenvalue weighted by molar-refractivity contribution is -0.116. The van der Waals surface area contributed by atoms with Crippen molar-refractivity contribution >= 4 is 17.4 Å². The van der Waals surface area contributed by atoms with Gasteiger partial charge in [0.05, 0.1) is 0 Å². The largest absolute Gasteiger partial charge is 0.328 e. The van der Waals surface area contributed by atoms with Gasteiger partial charge in [0.1, 0.15) is 0 Å². The minimum absolute atomic E-state index is 0.0111. The molecule has 0 saturated heterocycles. The highest BCUT2D eigenvalue weighted by atomic mass is 16.1. The van der Waals surface area contributed by atoms with E-state index in [0.717, 1.165) is 12.8 Å². The highest BCUT2D eigenvalue weighted by molar-refractivity contribution is 5.97. The molecule has 0 bridgehead atoms. The Hall–Kier alpha value is -1.68. The van der Waals surface area contributed by atoms with Crippen molar-refractivity contribution in [3.05, 3.63) is 29.8 Å². The monoisotopic (exact) mass is 248 g/mol. The second-order valence-corrected chi connectivity index (χ2v) is 4.55. The van der Waals surface area contributed by atoms with Gasteiger partial charge in [-0.25, -0.2) is 0 Å². The number of hydrogen-bond acceptors (Lipinski definition) is 3. The number of nitrogens with one attached hydrogen (secondary N) is 1. The van der Waals surface area contributed by atoms with Crippen LogP contribution in [0.2, 0.25) is 0 Å². The van der Waals surface area contributed by atoms with Crippen LogP contribution in [0.15, 0.2) is 24.3 Å². The molecule has 1 aromatic rings. The van der Waals surface area contributed by atoms with Crippen LogP contribution < -0.4 is 11.1 Å². The molecule has 18 heavy (non-hydrogen) atoms. The zero-order valence-corrected chi connectivity index (χ0v) is 10.9. The van der Waals surface area contributed by atoms with Gasteiger partial charge in [-0.05, 0) is 38.8 Å². The van der Waals surface area contributed by atoms with Gasteiger partial charge in [0.2, 0.25) is 5.91 Å². The summed E-state index contributed by atoms with van der Waals surface area (Å²) in [5, 5.41) is 2.78. The molecule has 0 radical (unpaired) electrons. The number of Topliss-reactive ketones (excluding diaryl/α,β-unsaturated/α-hetero) is 1. The fourth-order valence-corrected chi connectivity index (χ4v) is 1.62. The molecule has 0 fully saturated rings. The zero-order valence-electron chi connectivity index (χ0n) is 10.9. The van der Waals surface area contributed by atoms with Crippen LogP contribution in [-0.2, 0) is 4.79 Å². The summed E-state index contributed by atoms with van der Waals surface area (Å²) in [5.74, 6) is -0.0561. The zero-order chi connectivity index (χ0) is 13.5. The molecule has 1 unspecified atom stereocenters. The summed E-state index contributed by atoms with van der Waals surface area (Å²) in [6.07, 6.45) is 2.06. The molecule has 0 aliphatic rings. The average Bonchev–Trinajstić information content (AvgIpc) is 2.28. The Balaban J connectivity index is 2.49. The van der Waals surface area contributed by atoms with Crippen molar-refractivity contribution < 1.29 is 9.59 Å². The second-order valence-electron chi connectivity index (χ2n) is 4.55. The van der Waals surface area contributed by atoms with Crippen molar-refractivity contribution in [3.63, 3.8) is 0 Å². The van der Waals surface area contributed by atoms with Crippen LogP contribution in [0.5, 0.6) is 0 Å². The SMILES string of the molecule is CC(=O)c1cccc(NC(=O)CCCC(C)N)c1. The molecule has 3 N–H and O–H groups in total. The van der Waals surface area contributed by atoms with Crippen LogP contribution in [0.4, 0.5) is 5.69 Å². The van der Waals surface area contributed by atoms with E-state index in [2.05, 4.69) is 5.32 Å². The average molecular weight is 248 g/mol. The molecule has 1 aromatic carbocycles. The summed E-state index contributed by atoms with van der Waals surface area (Å²) in [7, 11) is 0. The van der Waals surface area contributed by atoms with Crippen molar-refractivity contribution in [2.75, 3.05) is 5.32 Å². The Kier molecular flexibility index (Phi) is 5.52. The third-order valence-electron chi connectivity index (χ3n) is 2.62. The number of ketones is 1. The Morgan fingerprint density at radius 1 is 1.39 bits per heavy atom. The first-order valence-corrected chi connectivity index (χ1v) is 6.15. The van der Waals surface area contributed by atoms with Gasteiger partial charge in [0, 0.05) is 23.7 Å². The predicted octanol–water partition coefficient (Wildman–Crippen LogP) is 2.35. The van der Waals surface area contributed by atoms with Gasteiger partial charge in [-0.1, -0.05) is 12.1 Å². The number of nitrogens with two attached hydrogens (primary N) is 1. The van der Waals surface area contributed by atoms with Gasteiger partial charge in [0.25, 0.3) is 0 Å². The van der Waals surface area contributed by atoms with Crippen molar-refractivity contribution in [1.82, 2.24) is 0 Å². The van der Waals surface area contributed by atoms with Gasteiger partial charge in [-0.3, -0.25) is 9.59 Å². The van der Waals surface area contributed by atoms with E-state index in [9.17, 15) is 9.59 Å². The molecular formula is C14H20N2O2. The molecule has 4 nitrogen and oxygen atoms in total. The smallest absolute Gasteiger partial charge is 0.224 e. The first kappa shape index (κ1) is 14.4. The van der Waals surface area contributed by atoms with E-state index < -0.39 is 0 Å². The first-order chi connectivity index (χ1) is 8.49. The fraction of sp³-hybridized carbons (Fsp3) is 0.429. The fourth-order valence-electron chi connectivity index (χ4n) is 1.62. The van der Waals surface area contributed by atoms with Crippen LogP contribution in [-0.4, -0.2) is 17.7 Å². The number of benzene rings is 1. The maximum absolute atomic E-state index is 11.6. The lowest BCUT2D eigenvalue weighted by Gasteiger charge is -2.07. The molecular weight excluding hydrogens is 228 g/mol. The van der Waals surface area contributed by atoms with Crippen molar-refractivity contribution in [1.29, 1.82) is 0 Å². The third-order valence-corrected chi connectivity index (χ3v) is 2.62. The van der Waals surface area contributed by atoms with Gasteiger partial charge in [-0.2, -0.15) is 0 Å². The first-order valence-electron chi connectivity index (χ1n) is 6.15. The Labute approximate surface area is 108 Å². The molecule has 0 spiro atoms. The van der Waals surface area contributed by atoms with E-state index >= 15 is 0 Å². The van der Waals surface area contributed by atoms with E-state index in [1.807, 2.05) is 6.92 Å². The van der Waals surface area contributed by atoms with Crippen LogP contribution in [0.1, 0.15) is 43.5 Å². The van der Waals surface area contributed by atoms with Crippen molar-refractivity contribution in [3.8, 4) is 0 Å². The summed E-state index contributed by atoms with van der Waals surface area (Å²) in [4.78, 5) is 22.8. The maximum atomic E-state index is 11.6. The number of amides is 1. The number of hydrogen-bond donors (Lipinski definition) is 2. The van der Waals surface area contributed by atoms with Crippen LogP contribution in [0.3, 0.4) is 0 Å². The maximum Gasteiger partial charge on any atom is 0.224 e. The lowest BCUT2D eigenvalue weighted by atomic mass is 10.1. The lowest BCUT2D eigenvalue weighted by Crippen LogP contribution is -2.16. The van der Waals surface area contributed by atoms with Gasteiger partial charge >= 0.3 is 0 Å². The second kappa shape index (κ2) is 6.91. The van der Waals surface area contributed by atoms with Gasteiger partial charge < -0.3 is 11.1 Å². The topological polar surface area (TPSA) is 72.2 Å². The van der Waals surface area contributed by atoms with E-state index in [4.69, 9.17) is 5.73 Å². The predicted molar refractivity (Wildman–Crippen MR) is 72.6 cm³/mol. The summed E-state index contributed by atoms with van der Waals surface area (Å²) in [6.45, 7) is 3.43. The quantitative estimate of drug-likeness (QED) is 0.759. The molecule has 4 heteroatoms. The molecule has 1 rings (SSSR count). The molecule has 0 aromatic heterocycles. The highest BCUT2D eigenvalue weighted by Gasteiger charge is 2.05. The number of carbonyl (C=O) groups is 2. The summed E-state index contributed by atoms with van der Waals surface area (Å²) < 4.78 is 0. The number of carbonyl (C=O) groups excluding carboxylic acids is 2. The van der Waals surface area contributed by atoms with Gasteiger partial charge in [0.15, 0.2) is 5.78 Å². The van der Waals surface area contributed by atoms with Crippen LogP contribution in [0.25, 0.3) is 0 Å². The van der Waals surface area contributed by atoms with Crippen molar-refractivity contribution in [2.45, 2.75) is 39.2 Å². The van der Waals surface area contributed by atoms with E-state index in [0.29, 0.717) is 17.7 Å². The molecule has 1 atom stereocenters. The Morgan fingerprint density at radius 2 is 2.11 bits per heavy atom. The number of rotatable bonds is 6. The van der Waals surface area contributed by atoms with E-state index in [-0.39, 0.29) is 17.7 Å². The Bertz CT molecular complexity index is 428. The van der Waals surface area contributed by atoms with Crippen LogP contribution in [0, 0.1) is 0 Å². The normalized spacial score (nSPS) is 11.9. The molecule has 0 aliphatic heterocycles. The summed E-state index contributed by atoms with van der Waals surface area (Å²) in [6, 6.07) is 7.07. The van der Waals surface area contributed by atoms with E-state index in [1.54, 1.807) is 24.3 Å². The van der Waals surface area contributed by atoms with Crippen LogP contribution >= 0.6 is 0 Å². The minimum atomic E-state index is -0.0450. The minimum Gasteiger partial charge on any atom is -0.328 e. The molecule has 0 saturated carbocycles. The molecule has 0 heterocycles. The summed E-state index contributed by atoms with van der Waals surface area (Å²) in [5.41, 5.74) is 6.88. The molecule has 1 amide bonds. The molecule has 0 aliphatic carbocycles. The Morgan fingerprint density at radius 3 is 2.72 bits per heavy atom. The van der Waals surface area contributed by atoms with Crippen molar-refractivity contribution in [2.24, 2.45) is 5.73 Å². The van der Waals surface area contributed by atoms with Gasteiger partial charge in [-0.15, -0.1) is 0 Å². The standard InChI is InChI=1S/C14H20N2O2/c1-10(15)5-3-8-14(18)16-13-7-4-6-12(9-13)11(2)17/h4,6-7,9-10H,3,5,8,15H2,1-2H3,(H,16,18). The highest BCUT2D eigenvalue weighted by Crippen LogP contribution is 2.12. The number of anilines is 1. The van der Waals surface area contributed by atoms with E-state index in [1.165, 1.54) is 6.92 Å². The third kappa shape index (κ3) is 5.10.